The Hall–Kier alpha value is -2.29. The first-order chi connectivity index (χ1) is 13.0. The molecule has 1 aromatic rings. The van der Waals surface area contributed by atoms with Crippen molar-refractivity contribution in [3.8, 4) is 0 Å². The van der Waals surface area contributed by atoms with Crippen LogP contribution in [-0.4, -0.2) is 45.8 Å². The average molecular weight is 377 g/mol. The minimum Gasteiger partial charge on any atom is -0.510 e. The predicted octanol–water partition coefficient (Wildman–Crippen LogP) is 1.56. The summed E-state index contributed by atoms with van der Waals surface area (Å²) in [4.78, 5) is 24.7. The molecular formula is C19H27N3O5. The zero-order valence-corrected chi connectivity index (χ0v) is 15.5. The van der Waals surface area contributed by atoms with Gasteiger partial charge in [-0.15, -0.1) is 4.91 Å². The second-order valence-electron chi connectivity index (χ2n) is 6.87. The van der Waals surface area contributed by atoms with Crippen molar-refractivity contribution in [1.82, 2.24) is 10.2 Å². The Labute approximate surface area is 158 Å². The molecule has 0 aromatic heterocycles. The van der Waals surface area contributed by atoms with Gasteiger partial charge < -0.3 is 20.6 Å². The van der Waals surface area contributed by atoms with Gasteiger partial charge >= 0.3 is 0 Å². The molecule has 1 aromatic carbocycles. The monoisotopic (exact) mass is 377 g/mol. The van der Waals surface area contributed by atoms with Gasteiger partial charge in [-0.05, 0) is 60.6 Å². The smallest absolute Gasteiger partial charge is 0.277 e. The van der Waals surface area contributed by atoms with Crippen LogP contribution < -0.4 is 5.32 Å². The summed E-state index contributed by atoms with van der Waals surface area (Å²) in [6.07, 6.45) is 1.82. The molecule has 1 saturated heterocycles. The van der Waals surface area contributed by atoms with Crippen molar-refractivity contribution >= 4 is 5.91 Å². The fourth-order valence-electron chi connectivity index (χ4n) is 3.28. The van der Waals surface area contributed by atoms with Crippen LogP contribution in [0.25, 0.3) is 0 Å². The van der Waals surface area contributed by atoms with Gasteiger partial charge in [-0.1, -0.05) is 18.2 Å². The average Bonchev–Trinajstić information content (AvgIpc) is 2.67. The van der Waals surface area contributed by atoms with Crippen molar-refractivity contribution in [3.05, 3.63) is 51.3 Å². The minimum absolute atomic E-state index is 0.0837. The summed E-state index contributed by atoms with van der Waals surface area (Å²) in [5, 5.41) is 33.1. The molecule has 0 spiro atoms. The largest absolute Gasteiger partial charge is 0.510 e. The van der Waals surface area contributed by atoms with E-state index in [1.807, 2.05) is 18.2 Å². The molecule has 1 heterocycles. The highest BCUT2D eigenvalue weighted by molar-refractivity contribution is 5.93. The first-order valence-electron chi connectivity index (χ1n) is 9.04. The van der Waals surface area contributed by atoms with Gasteiger partial charge in [0.25, 0.3) is 5.91 Å². The lowest BCUT2D eigenvalue weighted by molar-refractivity contribution is -0.118. The zero-order chi connectivity index (χ0) is 19.8. The highest BCUT2D eigenvalue weighted by atomic mass is 16.3. The standard InChI is InChI=1S/C19H27N3O5/c1-13(25)18(21-27)19(26)20-9-14-4-6-22(7-5-14)10-15-2-3-16(11-23)17(8-15)12-24/h2-3,8,14,23-25H,4-7,9-12H2,1H3,(H,20,26). The van der Waals surface area contributed by atoms with Crippen molar-refractivity contribution in [2.45, 2.75) is 39.5 Å². The number of nitrogens with one attached hydrogen (secondary N) is 1. The van der Waals surface area contributed by atoms with Gasteiger partial charge in [-0.2, -0.15) is 0 Å². The maximum absolute atomic E-state index is 11.8. The Morgan fingerprint density at radius 1 is 1.22 bits per heavy atom. The van der Waals surface area contributed by atoms with E-state index in [1.165, 1.54) is 6.92 Å². The molecule has 0 saturated carbocycles. The van der Waals surface area contributed by atoms with Gasteiger partial charge in [0.2, 0.25) is 5.70 Å². The second-order valence-corrected chi connectivity index (χ2v) is 6.87. The van der Waals surface area contributed by atoms with Crippen LogP contribution in [0.3, 0.4) is 0 Å². The maximum Gasteiger partial charge on any atom is 0.277 e. The SMILES string of the molecule is CC(O)=C(N=O)C(=O)NCC1CCN(Cc2ccc(CO)c(CO)c2)CC1. The van der Waals surface area contributed by atoms with E-state index >= 15 is 0 Å². The molecule has 0 unspecified atom stereocenters. The minimum atomic E-state index is -0.645. The highest BCUT2D eigenvalue weighted by Gasteiger charge is 2.21. The number of likely N-dealkylation sites (tertiary alicyclic amines) is 1. The number of aliphatic hydroxyl groups is 3. The molecular weight excluding hydrogens is 350 g/mol. The van der Waals surface area contributed by atoms with Gasteiger partial charge in [-0.25, -0.2) is 0 Å². The number of allylic oxidation sites excluding steroid dienone is 1. The van der Waals surface area contributed by atoms with Crippen molar-refractivity contribution < 1.29 is 20.1 Å². The van der Waals surface area contributed by atoms with Gasteiger partial charge in [0.15, 0.2) is 0 Å². The number of benzene rings is 1. The zero-order valence-electron chi connectivity index (χ0n) is 15.5. The van der Waals surface area contributed by atoms with Crippen LogP contribution in [-0.2, 0) is 24.6 Å². The summed E-state index contributed by atoms with van der Waals surface area (Å²) < 4.78 is 0. The molecule has 1 aliphatic rings. The molecule has 27 heavy (non-hydrogen) atoms. The van der Waals surface area contributed by atoms with Crippen molar-refractivity contribution in [2.75, 3.05) is 19.6 Å². The molecule has 8 nitrogen and oxygen atoms in total. The molecule has 4 N–H and O–H groups in total. The lowest BCUT2D eigenvalue weighted by atomic mass is 9.96. The highest BCUT2D eigenvalue weighted by Crippen LogP contribution is 2.20. The summed E-state index contributed by atoms with van der Waals surface area (Å²) in [7, 11) is 0. The molecule has 148 valence electrons. The van der Waals surface area contributed by atoms with Gasteiger partial charge in [0.05, 0.1) is 13.2 Å². The van der Waals surface area contributed by atoms with E-state index in [1.54, 1.807) is 0 Å². The fourth-order valence-corrected chi connectivity index (χ4v) is 3.28. The van der Waals surface area contributed by atoms with E-state index in [-0.39, 0.29) is 19.0 Å². The summed E-state index contributed by atoms with van der Waals surface area (Å²) in [6, 6.07) is 5.74. The van der Waals surface area contributed by atoms with Crippen LogP contribution in [0.4, 0.5) is 0 Å². The fraction of sp³-hybridized carbons (Fsp3) is 0.526. The Bertz CT molecular complexity index is 693. The van der Waals surface area contributed by atoms with Crippen LogP contribution in [0.15, 0.2) is 34.8 Å². The number of amides is 1. The number of piperidine rings is 1. The van der Waals surface area contributed by atoms with Crippen molar-refractivity contribution in [3.63, 3.8) is 0 Å². The molecule has 0 aliphatic carbocycles. The molecule has 8 heteroatoms. The molecule has 1 aliphatic heterocycles. The molecule has 1 amide bonds. The van der Waals surface area contributed by atoms with Crippen LogP contribution in [0.2, 0.25) is 0 Å². The number of carbonyl (C=O) groups excluding carboxylic acids is 1. The molecule has 0 bridgehead atoms. The first kappa shape index (κ1) is 21.0. The summed E-state index contributed by atoms with van der Waals surface area (Å²) in [5.74, 6) is -0.721. The third-order valence-corrected chi connectivity index (χ3v) is 4.93. The van der Waals surface area contributed by atoms with Crippen LogP contribution >= 0.6 is 0 Å². The van der Waals surface area contributed by atoms with Crippen molar-refractivity contribution in [2.24, 2.45) is 11.1 Å². The third kappa shape index (κ3) is 5.85. The van der Waals surface area contributed by atoms with Gasteiger partial charge in [-0.3, -0.25) is 9.69 Å². The first-order valence-corrected chi connectivity index (χ1v) is 9.04. The quantitative estimate of drug-likeness (QED) is 0.310. The van der Waals surface area contributed by atoms with Gasteiger partial charge in [0.1, 0.15) is 5.76 Å². The van der Waals surface area contributed by atoms with Crippen molar-refractivity contribution in [1.29, 1.82) is 0 Å². The Morgan fingerprint density at radius 3 is 2.44 bits per heavy atom. The number of rotatable bonds is 8. The predicted molar refractivity (Wildman–Crippen MR) is 100 cm³/mol. The summed E-state index contributed by atoms with van der Waals surface area (Å²) >= 11 is 0. The molecule has 0 radical (unpaired) electrons. The lowest BCUT2D eigenvalue weighted by Gasteiger charge is -2.32. The number of nitrogens with zero attached hydrogens (tertiary/aromatic N) is 2. The normalized spacial score (nSPS) is 16.7. The Morgan fingerprint density at radius 2 is 1.89 bits per heavy atom. The summed E-state index contributed by atoms with van der Waals surface area (Å²) in [5.41, 5.74) is 2.11. The van der Waals surface area contributed by atoms with E-state index in [9.17, 15) is 25.0 Å². The van der Waals surface area contributed by atoms with Crippen LogP contribution in [0.5, 0.6) is 0 Å². The van der Waals surface area contributed by atoms with E-state index in [4.69, 9.17) is 0 Å². The third-order valence-electron chi connectivity index (χ3n) is 4.93. The molecule has 2 rings (SSSR count). The number of carbonyl (C=O) groups is 1. The van der Waals surface area contributed by atoms with E-state index in [0.717, 1.165) is 49.2 Å². The second kappa shape index (κ2) is 10.1. The number of nitroso groups, excluding NO2 is 1. The lowest BCUT2D eigenvalue weighted by Crippen LogP contribution is -2.38. The Balaban J connectivity index is 1.81. The van der Waals surface area contributed by atoms with E-state index in [2.05, 4.69) is 15.4 Å². The van der Waals surface area contributed by atoms with Crippen LogP contribution in [0.1, 0.15) is 36.5 Å². The van der Waals surface area contributed by atoms with Gasteiger partial charge in [0, 0.05) is 13.1 Å². The topological polar surface area (TPSA) is 122 Å². The Kier molecular flexibility index (Phi) is 7.90. The molecule has 1 fully saturated rings. The van der Waals surface area contributed by atoms with E-state index in [0.29, 0.717) is 12.5 Å². The van der Waals surface area contributed by atoms with E-state index < -0.39 is 11.6 Å². The summed E-state index contributed by atoms with van der Waals surface area (Å²) in [6.45, 7) is 4.05. The maximum atomic E-state index is 11.8. The van der Waals surface area contributed by atoms with Crippen LogP contribution in [0, 0.1) is 10.8 Å². The molecule has 0 atom stereocenters. The number of hydrogen-bond donors (Lipinski definition) is 4. The number of aliphatic hydroxyl groups excluding tert-OH is 3. The number of hydrogen-bond acceptors (Lipinski definition) is 7.